The van der Waals surface area contributed by atoms with Gasteiger partial charge in [-0.3, -0.25) is 9.59 Å². The average Bonchev–Trinajstić information content (AvgIpc) is 3.25. The summed E-state index contributed by atoms with van der Waals surface area (Å²) in [5.74, 6) is 0.316. The van der Waals surface area contributed by atoms with Gasteiger partial charge in [0.05, 0.1) is 0 Å². The molecule has 1 aromatic rings. The molecule has 0 aliphatic carbocycles. The number of carbonyl (C=O) groups excluding carboxylic acids is 2. The third kappa shape index (κ3) is 2.71. The average molecular weight is 345 g/mol. The molecule has 0 aromatic heterocycles. The van der Waals surface area contributed by atoms with Gasteiger partial charge in [-0.15, -0.1) is 11.8 Å². The number of hydrogen-bond donors (Lipinski definition) is 1. The summed E-state index contributed by atoms with van der Waals surface area (Å²) >= 11 is 1.74. The quantitative estimate of drug-likeness (QED) is 0.840. The lowest BCUT2D eigenvalue weighted by molar-refractivity contribution is -0.156. The van der Waals surface area contributed by atoms with Gasteiger partial charge in [0.25, 0.3) is 0 Å². The van der Waals surface area contributed by atoms with Gasteiger partial charge in [-0.2, -0.15) is 0 Å². The highest BCUT2D eigenvalue weighted by Crippen LogP contribution is 2.32. The van der Waals surface area contributed by atoms with E-state index in [4.69, 9.17) is 0 Å². The first kappa shape index (κ1) is 16.0. The lowest BCUT2D eigenvalue weighted by Crippen LogP contribution is -2.60. The van der Waals surface area contributed by atoms with Crippen LogP contribution in [-0.4, -0.2) is 59.1 Å². The second kappa shape index (κ2) is 6.41. The molecule has 0 radical (unpaired) electrons. The Morgan fingerprint density at radius 3 is 2.88 bits per heavy atom. The molecule has 1 aromatic carbocycles. The van der Waals surface area contributed by atoms with Crippen molar-refractivity contribution in [3.8, 4) is 0 Å². The standard InChI is InChI=1S/C18H23N3O2S/c1-24-14-5-2-4-12(8-14)10-19-13-9-16-18(23)20-7-3-6-15(20)17(22)21(16)11-13/h2,4-5,8,13,15-16,19H,3,6-7,9-11H2,1H3/t13-,15+,16-/m0/s1. The minimum absolute atomic E-state index is 0.158. The van der Waals surface area contributed by atoms with E-state index in [1.807, 2.05) is 9.80 Å². The third-order valence-electron chi connectivity index (χ3n) is 5.42. The van der Waals surface area contributed by atoms with Crippen molar-refractivity contribution in [2.45, 2.75) is 48.8 Å². The van der Waals surface area contributed by atoms with Crippen molar-refractivity contribution in [1.29, 1.82) is 0 Å². The van der Waals surface area contributed by atoms with Crippen molar-refractivity contribution in [3.05, 3.63) is 29.8 Å². The van der Waals surface area contributed by atoms with Gasteiger partial charge >= 0.3 is 0 Å². The smallest absolute Gasteiger partial charge is 0.246 e. The van der Waals surface area contributed by atoms with Crippen LogP contribution in [-0.2, 0) is 16.1 Å². The van der Waals surface area contributed by atoms with E-state index in [1.165, 1.54) is 10.5 Å². The molecule has 0 bridgehead atoms. The van der Waals surface area contributed by atoms with Crippen LogP contribution in [0.1, 0.15) is 24.8 Å². The number of thioether (sulfide) groups is 1. The number of hydrogen-bond acceptors (Lipinski definition) is 4. The fraction of sp³-hybridized carbons (Fsp3) is 0.556. The Kier molecular flexibility index (Phi) is 4.26. The Morgan fingerprint density at radius 2 is 2.04 bits per heavy atom. The summed E-state index contributed by atoms with van der Waals surface area (Å²) in [7, 11) is 0. The van der Waals surface area contributed by atoms with E-state index >= 15 is 0 Å². The van der Waals surface area contributed by atoms with Crippen LogP contribution in [0.3, 0.4) is 0 Å². The molecule has 3 fully saturated rings. The molecule has 4 rings (SSSR count). The molecule has 3 atom stereocenters. The van der Waals surface area contributed by atoms with E-state index in [2.05, 4.69) is 35.8 Å². The Balaban J connectivity index is 1.41. The normalized spacial score (nSPS) is 29.1. The number of benzene rings is 1. The van der Waals surface area contributed by atoms with Crippen molar-refractivity contribution in [1.82, 2.24) is 15.1 Å². The van der Waals surface area contributed by atoms with Gasteiger partial charge in [-0.25, -0.2) is 0 Å². The van der Waals surface area contributed by atoms with Gasteiger partial charge in [0, 0.05) is 30.6 Å². The molecule has 24 heavy (non-hydrogen) atoms. The van der Waals surface area contributed by atoms with Gasteiger partial charge in [-0.1, -0.05) is 12.1 Å². The van der Waals surface area contributed by atoms with E-state index in [0.29, 0.717) is 6.54 Å². The van der Waals surface area contributed by atoms with Crippen molar-refractivity contribution >= 4 is 23.6 Å². The summed E-state index contributed by atoms with van der Waals surface area (Å²) in [6.45, 7) is 2.18. The number of nitrogens with zero attached hydrogens (tertiary/aromatic N) is 2. The van der Waals surface area contributed by atoms with Gasteiger partial charge in [0.2, 0.25) is 11.8 Å². The maximum atomic E-state index is 12.6. The fourth-order valence-corrected chi connectivity index (χ4v) is 4.66. The topological polar surface area (TPSA) is 52.7 Å². The molecule has 128 valence electrons. The van der Waals surface area contributed by atoms with Crippen molar-refractivity contribution in [3.63, 3.8) is 0 Å². The van der Waals surface area contributed by atoms with Gasteiger partial charge in [0.15, 0.2) is 0 Å². The maximum Gasteiger partial charge on any atom is 0.246 e. The third-order valence-corrected chi connectivity index (χ3v) is 6.14. The number of piperazine rings is 1. The number of rotatable bonds is 4. The van der Waals surface area contributed by atoms with E-state index < -0.39 is 0 Å². The molecule has 3 heterocycles. The SMILES string of the molecule is CSc1cccc(CN[C@H]2C[C@H]3C(=O)N4CCC[C@@H]4C(=O)N3C2)c1. The van der Waals surface area contributed by atoms with Crippen LogP contribution in [0.15, 0.2) is 29.2 Å². The molecule has 1 N–H and O–H groups in total. The van der Waals surface area contributed by atoms with E-state index in [1.54, 1.807) is 11.8 Å². The Morgan fingerprint density at radius 1 is 1.21 bits per heavy atom. The van der Waals surface area contributed by atoms with Crippen LogP contribution in [0.5, 0.6) is 0 Å². The first-order valence-electron chi connectivity index (χ1n) is 8.64. The van der Waals surface area contributed by atoms with Gasteiger partial charge < -0.3 is 15.1 Å². The molecule has 6 heteroatoms. The van der Waals surface area contributed by atoms with Crippen LogP contribution in [0.4, 0.5) is 0 Å². The zero-order valence-corrected chi connectivity index (χ0v) is 14.7. The molecular formula is C18H23N3O2S. The second-order valence-corrected chi connectivity index (χ2v) is 7.74. The second-order valence-electron chi connectivity index (χ2n) is 6.86. The number of carbonyl (C=O) groups is 2. The summed E-state index contributed by atoms with van der Waals surface area (Å²) in [4.78, 5) is 30.2. The van der Waals surface area contributed by atoms with Crippen LogP contribution in [0.25, 0.3) is 0 Å². The summed E-state index contributed by atoms with van der Waals surface area (Å²) in [6, 6.07) is 8.23. The summed E-state index contributed by atoms with van der Waals surface area (Å²) in [5.41, 5.74) is 1.24. The molecule has 0 spiro atoms. The molecule has 3 saturated heterocycles. The van der Waals surface area contributed by atoms with Crippen molar-refractivity contribution in [2.24, 2.45) is 0 Å². The summed E-state index contributed by atoms with van der Waals surface area (Å²) < 4.78 is 0. The zero-order valence-electron chi connectivity index (χ0n) is 13.9. The van der Waals surface area contributed by atoms with E-state index in [0.717, 1.165) is 32.4 Å². The lowest BCUT2D eigenvalue weighted by Gasteiger charge is -2.38. The van der Waals surface area contributed by atoms with Gasteiger partial charge in [-0.05, 0) is 43.2 Å². The first-order valence-corrected chi connectivity index (χ1v) is 9.87. The molecule has 2 amide bonds. The number of amides is 2. The Bertz CT molecular complexity index is 635. The van der Waals surface area contributed by atoms with E-state index in [-0.39, 0.29) is 29.9 Å². The summed E-state index contributed by atoms with van der Waals surface area (Å²) in [5, 5.41) is 3.54. The highest BCUT2D eigenvalue weighted by atomic mass is 32.2. The highest BCUT2D eigenvalue weighted by molar-refractivity contribution is 7.98. The molecule has 0 saturated carbocycles. The Hall–Kier alpha value is -1.53. The monoisotopic (exact) mass is 345 g/mol. The minimum atomic E-state index is -0.248. The molecule has 3 aliphatic rings. The van der Waals surface area contributed by atoms with Gasteiger partial charge in [0.1, 0.15) is 12.1 Å². The Labute approximate surface area is 146 Å². The number of fused-ring (bicyclic) bond motifs is 2. The first-order chi connectivity index (χ1) is 11.7. The maximum absolute atomic E-state index is 12.6. The lowest BCUT2D eigenvalue weighted by atomic mass is 10.1. The van der Waals surface area contributed by atoms with Crippen LogP contribution in [0.2, 0.25) is 0 Å². The van der Waals surface area contributed by atoms with Crippen LogP contribution >= 0.6 is 11.8 Å². The number of nitrogens with one attached hydrogen (secondary N) is 1. The van der Waals surface area contributed by atoms with Crippen molar-refractivity contribution in [2.75, 3.05) is 19.3 Å². The minimum Gasteiger partial charge on any atom is -0.329 e. The molecular weight excluding hydrogens is 322 g/mol. The predicted molar refractivity (Wildman–Crippen MR) is 93.7 cm³/mol. The van der Waals surface area contributed by atoms with Crippen LogP contribution in [0, 0.1) is 0 Å². The molecule has 3 aliphatic heterocycles. The molecule has 5 nitrogen and oxygen atoms in total. The van der Waals surface area contributed by atoms with E-state index in [9.17, 15) is 9.59 Å². The fourth-order valence-electron chi connectivity index (χ4n) is 4.18. The van der Waals surface area contributed by atoms with Crippen LogP contribution < -0.4 is 5.32 Å². The largest absolute Gasteiger partial charge is 0.329 e. The summed E-state index contributed by atoms with van der Waals surface area (Å²) in [6.07, 6.45) is 4.59. The highest BCUT2D eigenvalue weighted by Gasteiger charge is 2.51. The zero-order chi connectivity index (χ0) is 16.7. The van der Waals surface area contributed by atoms with Crippen molar-refractivity contribution < 1.29 is 9.59 Å². The predicted octanol–water partition coefficient (Wildman–Crippen LogP) is 1.47. The molecule has 0 unspecified atom stereocenters.